The van der Waals surface area contributed by atoms with Crippen molar-refractivity contribution in [3.8, 4) is 0 Å². The maximum Gasteiger partial charge on any atom is 0.315 e. The number of aromatic amines is 1. The van der Waals surface area contributed by atoms with E-state index in [1.165, 1.54) is 32.1 Å². The third kappa shape index (κ3) is 2.87. The van der Waals surface area contributed by atoms with E-state index in [4.69, 9.17) is 0 Å². The summed E-state index contributed by atoms with van der Waals surface area (Å²) in [6, 6.07) is 8.51. The van der Waals surface area contributed by atoms with E-state index in [-0.39, 0.29) is 6.03 Å². The van der Waals surface area contributed by atoms with Crippen LogP contribution in [0.2, 0.25) is 0 Å². The van der Waals surface area contributed by atoms with E-state index < -0.39 is 0 Å². The lowest BCUT2D eigenvalue weighted by atomic mass is 9.79. The molecule has 3 N–H and O–H groups in total. The number of carbonyl (C=O) groups excluding carboxylic acids is 1. The van der Waals surface area contributed by atoms with Crippen LogP contribution in [0.5, 0.6) is 0 Å². The maximum absolute atomic E-state index is 12.3. The Bertz CT molecular complexity index is 767. The van der Waals surface area contributed by atoms with E-state index >= 15 is 0 Å². The van der Waals surface area contributed by atoms with Crippen molar-refractivity contribution < 1.29 is 4.79 Å². The first-order valence-electron chi connectivity index (χ1n) is 10.3. The highest BCUT2D eigenvalue weighted by molar-refractivity contribution is 5.75. The van der Waals surface area contributed by atoms with Crippen LogP contribution in [-0.4, -0.2) is 28.6 Å². The van der Waals surface area contributed by atoms with Crippen LogP contribution < -0.4 is 10.6 Å². The molecule has 1 aromatic heterocycles. The van der Waals surface area contributed by atoms with Gasteiger partial charge in [0.15, 0.2) is 0 Å². The van der Waals surface area contributed by atoms with Gasteiger partial charge >= 0.3 is 6.03 Å². The molecule has 0 spiro atoms. The van der Waals surface area contributed by atoms with Crippen LogP contribution in [0.1, 0.15) is 44.3 Å². The van der Waals surface area contributed by atoms with Gasteiger partial charge in [-0.2, -0.15) is 0 Å². The van der Waals surface area contributed by atoms with Gasteiger partial charge in [0.2, 0.25) is 0 Å². The number of hydrogen-bond donors (Lipinski definition) is 3. The molecule has 3 fully saturated rings. The van der Waals surface area contributed by atoms with Crippen molar-refractivity contribution in [3.63, 3.8) is 0 Å². The highest BCUT2D eigenvalue weighted by Gasteiger charge is 2.53. The standard InChI is InChI=1S/C21H28N4O/c26-21(25-19-12-13-11-16(19)15-6-3-5-14(13)15)22-10-4-9-20-23-17-7-1-2-8-18(17)24-20/h1-2,7-8,13-16,19H,3-6,9-12H2,(H,23,24)(H2,22,25,26)/t13-,14+,15+,16+,19-/m1/s1. The van der Waals surface area contributed by atoms with Crippen molar-refractivity contribution in [2.45, 2.75) is 51.0 Å². The first kappa shape index (κ1) is 16.2. The van der Waals surface area contributed by atoms with Gasteiger partial charge < -0.3 is 15.6 Å². The average Bonchev–Trinajstić information content (AvgIpc) is 3.38. The van der Waals surface area contributed by atoms with Crippen LogP contribution >= 0.6 is 0 Å². The van der Waals surface area contributed by atoms with E-state index in [9.17, 15) is 4.79 Å². The number of urea groups is 1. The molecule has 5 heteroatoms. The van der Waals surface area contributed by atoms with Crippen LogP contribution in [0.15, 0.2) is 24.3 Å². The number of rotatable bonds is 5. The van der Waals surface area contributed by atoms with Crippen LogP contribution in [-0.2, 0) is 6.42 Å². The monoisotopic (exact) mass is 352 g/mol. The number of para-hydroxylation sites is 2. The fourth-order valence-corrected chi connectivity index (χ4v) is 6.04. The molecular weight excluding hydrogens is 324 g/mol. The van der Waals surface area contributed by atoms with Crippen molar-refractivity contribution in [1.29, 1.82) is 0 Å². The molecule has 0 aliphatic heterocycles. The summed E-state index contributed by atoms with van der Waals surface area (Å²) in [5, 5.41) is 6.31. The van der Waals surface area contributed by atoms with Crippen molar-refractivity contribution in [2.75, 3.05) is 6.54 Å². The number of benzene rings is 1. The second-order valence-electron chi connectivity index (χ2n) is 8.46. The third-order valence-electron chi connectivity index (χ3n) is 7.06. The first-order valence-corrected chi connectivity index (χ1v) is 10.3. The van der Waals surface area contributed by atoms with Gasteiger partial charge in [0.25, 0.3) is 0 Å². The summed E-state index contributed by atoms with van der Waals surface area (Å²) in [5.74, 6) is 4.49. The van der Waals surface area contributed by atoms with Gasteiger partial charge in [0, 0.05) is 19.0 Å². The first-order chi connectivity index (χ1) is 12.8. The Kier molecular flexibility index (Phi) is 4.10. The van der Waals surface area contributed by atoms with E-state index in [0.717, 1.165) is 53.4 Å². The predicted molar refractivity (Wildman–Crippen MR) is 102 cm³/mol. The lowest BCUT2D eigenvalue weighted by molar-refractivity contribution is 0.198. The van der Waals surface area contributed by atoms with Crippen molar-refractivity contribution in [2.24, 2.45) is 23.7 Å². The second kappa shape index (κ2) is 6.60. The lowest BCUT2D eigenvalue weighted by Crippen LogP contribution is -2.47. The maximum atomic E-state index is 12.3. The summed E-state index contributed by atoms with van der Waals surface area (Å²) in [4.78, 5) is 20.2. The van der Waals surface area contributed by atoms with Crippen LogP contribution in [0.3, 0.4) is 0 Å². The molecule has 0 radical (unpaired) electrons. The number of nitrogens with zero attached hydrogens (tertiary/aromatic N) is 1. The zero-order chi connectivity index (χ0) is 17.5. The Morgan fingerprint density at radius 2 is 2.04 bits per heavy atom. The smallest absolute Gasteiger partial charge is 0.315 e. The number of hydrogen-bond acceptors (Lipinski definition) is 2. The number of carbonyl (C=O) groups is 1. The summed E-state index contributed by atoms with van der Waals surface area (Å²) >= 11 is 0. The van der Waals surface area contributed by atoms with Crippen LogP contribution in [0.4, 0.5) is 4.79 Å². The van der Waals surface area contributed by atoms with Crippen molar-refractivity contribution >= 4 is 17.1 Å². The van der Waals surface area contributed by atoms with Gasteiger partial charge in [-0.1, -0.05) is 18.6 Å². The Morgan fingerprint density at radius 3 is 2.96 bits per heavy atom. The molecule has 0 unspecified atom stereocenters. The Hall–Kier alpha value is -2.04. The Morgan fingerprint density at radius 1 is 1.15 bits per heavy atom. The minimum atomic E-state index is 0.0155. The predicted octanol–water partition coefficient (Wildman–Crippen LogP) is 3.62. The zero-order valence-corrected chi connectivity index (χ0v) is 15.2. The SMILES string of the molecule is O=C(NCCCc1nc2ccccc2[nH]1)N[C@@H]1C[C@H]2C[C@H]1[C@H]1CCC[C@@H]21. The number of aryl methyl sites for hydroxylation is 1. The molecule has 5 nitrogen and oxygen atoms in total. The molecular formula is C21H28N4O. The van der Waals surface area contributed by atoms with Gasteiger partial charge in [-0.25, -0.2) is 9.78 Å². The normalized spacial score (nSPS) is 32.1. The van der Waals surface area contributed by atoms with E-state index in [1.54, 1.807) is 0 Å². The number of imidazole rings is 1. The number of H-pyrrole nitrogens is 1. The number of fused-ring (bicyclic) bond motifs is 6. The van der Waals surface area contributed by atoms with Crippen molar-refractivity contribution in [3.05, 3.63) is 30.1 Å². The molecule has 26 heavy (non-hydrogen) atoms. The quantitative estimate of drug-likeness (QED) is 0.719. The van der Waals surface area contributed by atoms with Gasteiger partial charge in [0.05, 0.1) is 11.0 Å². The fraction of sp³-hybridized carbons (Fsp3) is 0.619. The van der Waals surface area contributed by atoms with Crippen LogP contribution in [0.25, 0.3) is 11.0 Å². The molecule has 1 aromatic carbocycles. The van der Waals surface area contributed by atoms with Crippen molar-refractivity contribution in [1.82, 2.24) is 20.6 Å². The minimum Gasteiger partial charge on any atom is -0.342 e. The summed E-state index contributed by atoms with van der Waals surface area (Å²) in [5.41, 5.74) is 2.09. The third-order valence-corrected chi connectivity index (χ3v) is 7.06. The zero-order valence-electron chi connectivity index (χ0n) is 15.2. The summed E-state index contributed by atoms with van der Waals surface area (Å²) in [7, 11) is 0. The highest BCUT2D eigenvalue weighted by atomic mass is 16.2. The Balaban J connectivity index is 1.06. The summed E-state index contributed by atoms with van der Waals surface area (Å²) in [6.07, 6.45) is 8.55. The summed E-state index contributed by atoms with van der Waals surface area (Å²) in [6.45, 7) is 0.690. The molecule has 5 rings (SSSR count). The molecule has 3 aliphatic carbocycles. The van der Waals surface area contributed by atoms with E-state index in [2.05, 4.69) is 20.6 Å². The molecule has 2 bridgehead atoms. The molecule has 3 saturated carbocycles. The van der Waals surface area contributed by atoms with E-state index in [0.29, 0.717) is 12.6 Å². The largest absolute Gasteiger partial charge is 0.342 e. The van der Waals surface area contributed by atoms with Gasteiger partial charge in [-0.15, -0.1) is 0 Å². The van der Waals surface area contributed by atoms with Gasteiger partial charge in [0.1, 0.15) is 5.82 Å². The summed E-state index contributed by atoms with van der Waals surface area (Å²) < 4.78 is 0. The van der Waals surface area contributed by atoms with Crippen LogP contribution in [0, 0.1) is 23.7 Å². The minimum absolute atomic E-state index is 0.0155. The van der Waals surface area contributed by atoms with Gasteiger partial charge in [-0.05, 0) is 67.9 Å². The second-order valence-corrected chi connectivity index (χ2v) is 8.46. The topological polar surface area (TPSA) is 69.8 Å². The molecule has 138 valence electrons. The molecule has 2 amide bonds. The lowest BCUT2D eigenvalue weighted by Gasteiger charge is -2.32. The number of nitrogens with one attached hydrogen (secondary N) is 3. The molecule has 0 saturated heterocycles. The van der Waals surface area contributed by atoms with Gasteiger partial charge in [-0.3, -0.25) is 0 Å². The molecule has 1 heterocycles. The molecule has 5 atom stereocenters. The number of amides is 2. The number of aromatic nitrogens is 2. The molecule has 2 aromatic rings. The highest BCUT2D eigenvalue weighted by Crippen LogP contribution is 2.58. The Labute approximate surface area is 154 Å². The average molecular weight is 352 g/mol. The molecule has 3 aliphatic rings. The van der Waals surface area contributed by atoms with E-state index in [1.807, 2.05) is 24.3 Å². The fourth-order valence-electron chi connectivity index (χ4n) is 6.04.